The number of carbonyl (C=O) groups is 1. The van der Waals surface area contributed by atoms with Gasteiger partial charge in [0.1, 0.15) is 11.6 Å². The SMILES string of the molecule is CC(C(=O)NCc1ccccc1CO)c1c(F)cccc1F. The molecule has 1 amide bonds. The van der Waals surface area contributed by atoms with Crippen LogP contribution in [0.5, 0.6) is 0 Å². The molecule has 0 aromatic heterocycles. The maximum absolute atomic E-state index is 13.7. The molecular weight excluding hydrogens is 288 g/mol. The van der Waals surface area contributed by atoms with Gasteiger partial charge in [-0.1, -0.05) is 30.3 Å². The third-order valence-corrected chi connectivity index (χ3v) is 3.57. The summed E-state index contributed by atoms with van der Waals surface area (Å²) in [7, 11) is 0. The summed E-state index contributed by atoms with van der Waals surface area (Å²) in [5.74, 6) is -2.89. The van der Waals surface area contributed by atoms with E-state index in [1.54, 1.807) is 24.3 Å². The van der Waals surface area contributed by atoms with Crippen molar-refractivity contribution in [3.8, 4) is 0 Å². The molecule has 0 radical (unpaired) electrons. The van der Waals surface area contributed by atoms with Crippen molar-refractivity contribution in [2.75, 3.05) is 0 Å². The molecule has 0 saturated heterocycles. The Morgan fingerprint density at radius 2 is 1.68 bits per heavy atom. The predicted octanol–water partition coefficient (Wildman–Crippen LogP) is 2.88. The van der Waals surface area contributed by atoms with Crippen molar-refractivity contribution in [3.63, 3.8) is 0 Å². The normalized spacial score (nSPS) is 12.0. The molecule has 0 saturated carbocycles. The molecule has 1 unspecified atom stereocenters. The van der Waals surface area contributed by atoms with Gasteiger partial charge in [0.2, 0.25) is 5.91 Å². The van der Waals surface area contributed by atoms with Crippen LogP contribution in [0, 0.1) is 11.6 Å². The summed E-state index contributed by atoms with van der Waals surface area (Å²) in [6, 6.07) is 10.6. The lowest BCUT2D eigenvalue weighted by molar-refractivity contribution is -0.122. The molecule has 22 heavy (non-hydrogen) atoms. The molecule has 0 aliphatic rings. The fourth-order valence-electron chi connectivity index (χ4n) is 2.28. The van der Waals surface area contributed by atoms with Crippen LogP contribution in [0.3, 0.4) is 0 Å². The first kappa shape index (κ1) is 16.1. The zero-order valence-electron chi connectivity index (χ0n) is 12.1. The van der Waals surface area contributed by atoms with Gasteiger partial charge in [0, 0.05) is 12.1 Å². The number of benzene rings is 2. The van der Waals surface area contributed by atoms with Crippen molar-refractivity contribution in [1.29, 1.82) is 0 Å². The maximum atomic E-state index is 13.7. The van der Waals surface area contributed by atoms with Crippen LogP contribution in [0.1, 0.15) is 29.5 Å². The third-order valence-electron chi connectivity index (χ3n) is 3.57. The van der Waals surface area contributed by atoms with Gasteiger partial charge in [-0.05, 0) is 30.2 Å². The second-order valence-corrected chi connectivity index (χ2v) is 5.00. The minimum absolute atomic E-state index is 0.135. The Morgan fingerprint density at radius 3 is 2.27 bits per heavy atom. The zero-order chi connectivity index (χ0) is 16.1. The highest BCUT2D eigenvalue weighted by Crippen LogP contribution is 2.22. The Labute approximate surface area is 127 Å². The van der Waals surface area contributed by atoms with E-state index in [1.807, 2.05) is 0 Å². The van der Waals surface area contributed by atoms with Gasteiger partial charge in [-0.2, -0.15) is 0 Å². The van der Waals surface area contributed by atoms with Crippen LogP contribution in [-0.2, 0) is 17.9 Å². The number of nitrogens with one attached hydrogen (secondary N) is 1. The Balaban J connectivity index is 2.09. The molecule has 2 N–H and O–H groups in total. The van der Waals surface area contributed by atoms with Crippen LogP contribution in [-0.4, -0.2) is 11.0 Å². The molecule has 2 rings (SSSR count). The smallest absolute Gasteiger partial charge is 0.227 e. The van der Waals surface area contributed by atoms with Crippen LogP contribution in [0.25, 0.3) is 0 Å². The Hall–Kier alpha value is -2.27. The molecule has 1 atom stereocenters. The summed E-state index contributed by atoms with van der Waals surface area (Å²) in [4.78, 5) is 12.1. The number of carbonyl (C=O) groups excluding carboxylic acids is 1. The second-order valence-electron chi connectivity index (χ2n) is 5.00. The van der Waals surface area contributed by atoms with Gasteiger partial charge in [-0.25, -0.2) is 8.78 Å². The summed E-state index contributed by atoms with van der Waals surface area (Å²) >= 11 is 0. The summed E-state index contributed by atoms with van der Waals surface area (Å²) < 4.78 is 27.4. The number of aliphatic hydroxyl groups is 1. The number of aliphatic hydroxyl groups excluding tert-OH is 1. The van der Waals surface area contributed by atoms with E-state index in [9.17, 15) is 18.7 Å². The van der Waals surface area contributed by atoms with Crippen LogP contribution in [0.4, 0.5) is 8.78 Å². The summed E-state index contributed by atoms with van der Waals surface area (Å²) in [6.45, 7) is 1.51. The van der Waals surface area contributed by atoms with Crippen molar-refractivity contribution < 1.29 is 18.7 Å². The molecule has 2 aromatic carbocycles. The lowest BCUT2D eigenvalue weighted by atomic mass is 9.98. The maximum Gasteiger partial charge on any atom is 0.227 e. The first-order chi connectivity index (χ1) is 10.5. The van der Waals surface area contributed by atoms with Crippen LogP contribution in [0.2, 0.25) is 0 Å². The van der Waals surface area contributed by atoms with Crippen molar-refractivity contribution >= 4 is 5.91 Å². The molecular formula is C17H17F2NO2. The molecule has 0 spiro atoms. The molecule has 2 aromatic rings. The van der Waals surface area contributed by atoms with E-state index < -0.39 is 23.5 Å². The van der Waals surface area contributed by atoms with Crippen LogP contribution in [0.15, 0.2) is 42.5 Å². The Morgan fingerprint density at radius 1 is 1.09 bits per heavy atom. The minimum atomic E-state index is -0.942. The second kappa shape index (κ2) is 7.13. The van der Waals surface area contributed by atoms with Gasteiger partial charge in [-0.3, -0.25) is 4.79 Å². The fourth-order valence-corrected chi connectivity index (χ4v) is 2.28. The highest BCUT2D eigenvalue weighted by atomic mass is 19.1. The monoisotopic (exact) mass is 305 g/mol. The lowest BCUT2D eigenvalue weighted by Gasteiger charge is -2.15. The molecule has 0 aliphatic heterocycles. The molecule has 0 aliphatic carbocycles. The van der Waals surface area contributed by atoms with Gasteiger partial charge in [0.15, 0.2) is 0 Å². The quantitative estimate of drug-likeness (QED) is 0.892. The first-order valence-electron chi connectivity index (χ1n) is 6.94. The first-order valence-corrected chi connectivity index (χ1v) is 6.94. The molecule has 5 heteroatoms. The van der Waals surface area contributed by atoms with E-state index in [0.717, 1.165) is 17.7 Å². The largest absolute Gasteiger partial charge is 0.392 e. The van der Waals surface area contributed by atoms with E-state index >= 15 is 0 Å². The van der Waals surface area contributed by atoms with Gasteiger partial charge in [-0.15, -0.1) is 0 Å². The predicted molar refractivity (Wildman–Crippen MR) is 79.0 cm³/mol. The summed E-state index contributed by atoms with van der Waals surface area (Å²) in [5, 5.41) is 11.9. The van der Waals surface area contributed by atoms with Crippen molar-refractivity contribution in [3.05, 3.63) is 70.8 Å². The fraction of sp³-hybridized carbons (Fsp3) is 0.235. The molecule has 0 bridgehead atoms. The van der Waals surface area contributed by atoms with Crippen LogP contribution < -0.4 is 5.32 Å². The van der Waals surface area contributed by atoms with Gasteiger partial charge < -0.3 is 10.4 Å². The highest BCUT2D eigenvalue weighted by Gasteiger charge is 2.22. The van der Waals surface area contributed by atoms with E-state index in [-0.39, 0.29) is 18.7 Å². The molecule has 3 nitrogen and oxygen atoms in total. The third kappa shape index (κ3) is 3.49. The van der Waals surface area contributed by atoms with Gasteiger partial charge in [0.25, 0.3) is 0 Å². The summed E-state index contributed by atoms with van der Waals surface area (Å²) in [6.07, 6.45) is 0. The van der Waals surface area contributed by atoms with E-state index in [4.69, 9.17) is 0 Å². The van der Waals surface area contributed by atoms with Gasteiger partial charge in [0.05, 0.1) is 12.5 Å². The number of hydrogen-bond acceptors (Lipinski definition) is 2. The topological polar surface area (TPSA) is 49.3 Å². The Bertz CT molecular complexity index is 653. The zero-order valence-corrected chi connectivity index (χ0v) is 12.1. The number of hydrogen-bond donors (Lipinski definition) is 2. The number of rotatable bonds is 5. The lowest BCUT2D eigenvalue weighted by Crippen LogP contribution is -2.29. The van der Waals surface area contributed by atoms with Crippen molar-refractivity contribution in [2.45, 2.75) is 26.0 Å². The average Bonchev–Trinajstić information content (AvgIpc) is 2.52. The Kier molecular flexibility index (Phi) is 5.22. The molecule has 0 fully saturated rings. The highest BCUT2D eigenvalue weighted by molar-refractivity contribution is 5.83. The number of halogens is 2. The number of amides is 1. The van der Waals surface area contributed by atoms with Crippen molar-refractivity contribution in [2.24, 2.45) is 0 Å². The van der Waals surface area contributed by atoms with E-state index in [2.05, 4.69) is 5.32 Å². The average molecular weight is 305 g/mol. The standard InChI is InChI=1S/C17H17F2NO2/c1-11(16-14(18)7-4-8-15(16)19)17(22)20-9-12-5-2-3-6-13(12)10-21/h2-8,11,21H,9-10H2,1H3,(H,20,22). The molecule has 116 valence electrons. The van der Waals surface area contributed by atoms with E-state index in [0.29, 0.717) is 5.56 Å². The summed E-state index contributed by atoms with van der Waals surface area (Å²) in [5.41, 5.74) is 1.22. The molecule has 0 heterocycles. The van der Waals surface area contributed by atoms with Crippen LogP contribution >= 0.6 is 0 Å². The van der Waals surface area contributed by atoms with Crippen molar-refractivity contribution in [1.82, 2.24) is 5.32 Å². The van der Waals surface area contributed by atoms with Gasteiger partial charge >= 0.3 is 0 Å². The van der Waals surface area contributed by atoms with E-state index in [1.165, 1.54) is 13.0 Å². The minimum Gasteiger partial charge on any atom is -0.392 e.